The van der Waals surface area contributed by atoms with Crippen LogP contribution in [0.4, 0.5) is 11.8 Å². The molecular formula is C24H27N7O3S. The number of pyridine rings is 2. The summed E-state index contributed by atoms with van der Waals surface area (Å²) in [5, 5.41) is 37.8. The minimum Gasteiger partial charge on any atom is -0.396 e. The fourth-order valence-electron chi connectivity index (χ4n) is 4.41. The van der Waals surface area contributed by atoms with Crippen LogP contribution < -0.4 is 10.6 Å². The van der Waals surface area contributed by atoms with Gasteiger partial charge in [0.05, 0.1) is 33.8 Å². The maximum atomic E-state index is 10.6. The molecule has 1 fully saturated rings. The van der Waals surface area contributed by atoms with Crippen molar-refractivity contribution in [2.45, 2.75) is 45.1 Å². The van der Waals surface area contributed by atoms with E-state index in [0.717, 1.165) is 37.7 Å². The van der Waals surface area contributed by atoms with Gasteiger partial charge in [-0.2, -0.15) is 4.98 Å². The van der Waals surface area contributed by atoms with Gasteiger partial charge in [0.15, 0.2) is 0 Å². The van der Waals surface area contributed by atoms with Gasteiger partial charge >= 0.3 is 0 Å². The molecule has 10 nitrogen and oxygen atoms in total. The first kappa shape index (κ1) is 23.5. The average Bonchev–Trinajstić information content (AvgIpc) is 3.40. The molecule has 182 valence electrons. The van der Waals surface area contributed by atoms with Crippen molar-refractivity contribution in [3.8, 4) is 10.6 Å². The SMILES string of the molecule is Cc1nc(NCc2ccncc2)nc(N[C@@H]2C[C@H](CO)[C@@H](O)[C@H]2O)c1-c1nc2c(C)nccc2s1. The fraction of sp³-hybridized carbons (Fsp3) is 0.375. The molecule has 11 heteroatoms. The Bertz CT molecular complexity index is 1330. The van der Waals surface area contributed by atoms with Gasteiger partial charge in [-0.25, -0.2) is 9.97 Å². The highest BCUT2D eigenvalue weighted by atomic mass is 32.1. The fourth-order valence-corrected chi connectivity index (χ4v) is 5.52. The molecule has 4 aromatic heterocycles. The molecule has 35 heavy (non-hydrogen) atoms. The smallest absolute Gasteiger partial charge is 0.225 e. The summed E-state index contributed by atoms with van der Waals surface area (Å²) in [6.07, 6.45) is 3.58. The van der Waals surface area contributed by atoms with Gasteiger partial charge in [-0.3, -0.25) is 9.97 Å². The number of aliphatic hydroxyl groups excluding tert-OH is 3. The van der Waals surface area contributed by atoms with Crippen molar-refractivity contribution in [2.24, 2.45) is 5.92 Å². The van der Waals surface area contributed by atoms with E-state index in [4.69, 9.17) is 9.97 Å². The second-order valence-electron chi connectivity index (χ2n) is 8.74. The van der Waals surface area contributed by atoms with E-state index in [0.29, 0.717) is 24.7 Å². The van der Waals surface area contributed by atoms with E-state index in [-0.39, 0.29) is 6.61 Å². The van der Waals surface area contributed by atoms with E-state index in [9.17, 15) is 15.3 Å². The topological polar surface area (TPSA) is 149 Å². The number of hydrogen-bond donors (Lipinski definition) is 5. The Morgan fingerprint density at radius 3 is 2.51 bits per heavy atom. The lowest BCUT2D eigenvalue weighted by Crippen LogP contribution is -2.35. The maximum absolute atomic E-state index is 10.6. The summed E-state index contributed by atoms with van der Waals surface area (Å²) in [4.78, 5) is 22.6. The third-order valence-corrected chi connectivity index (χ3v) is 7.39. The summed E-state index contributed by atoms with van der Waals surface area (Å²) in [7, 11) is 0. The molecule has 5 rings (SSSR count). The van der Waals surface area contributed by atoms with Crippen molar-refractivity contribution in [3.63, 3.8) is 0 Å². The van der Waals surface area contributed by atoms with Gasteiger partial charge in [-0.05, 0) is 44.0 Å². The number of hydrogen-bond acceptors (Lipinski definition) is 11. The Kier molecular flexibility index (Phi) is 6.56. The van der Waals surface area contributed by atoms with Gasteiger partial charge in [0, 0.05) is 37.7 Å². The number of thiazole rings is 1. The molecule has 0 amide bonds. The number of aryl methyl sites for hydroxylation is 2. The van der Waals surface area contributed by atoms with E-state index in [1.165, 1.54) is 11.3 Å². The van der Waals surface area contributed by atoms with Crippen LogP contribution >= 0.6 is 11.3 Å². The van der Waals surface area contributed by atoms with Crippen LogP contribution in [0.3, 0.4) is 0 Å². The largest absolute Gasteiger partial charge is 0.396 e. The van der Waals surface area contributed by atoms with Crippen molar-refractivity contribution in [2.75, 3.05) is 17.2 Å². The standard InChI is InChI=1S/C24H27N7O3S/c1-12-18(23-30-19-13(2)26-8-5-17(19)35-23)22(29-16-9-15(11-32)20(33)21(16)34)31-24(28-12)27-10-14-3-6-25-7-4-14/h3-8,15-16,20-21,32-34H,9-11H2,1-2H3,(H2,27,28,29,31)/t15-,16-,20-,21+/m1/s1. The molecule has 0 aromatic carbocycles. The predicted molar refractivity (Wildman–Crippen MR) is 134 cm³/mol. The number of nitrogens with one attached hydrogen (secondary N) is 2. The van der Waals surface area contributed by atoms with Crippen LogP contribution in [0.15, 0.2) is 36.8 Å². The first-order valence-corrected chi connectivity index (χ1v) is 12.2. The summed E-state index contributed by atoms with van der Waals surface area (Å²) >= 11 is 1.52. The third-order valence-electron chi connectivity index (χ3n) is 6.35. The first-order chi connectivity index (χ1) is 16.9. The number of aliphatic hydroxyl groups is 3. The van der Waals surface area contributed by atoms with E-state index < -0.39 is 24.2 Å². The van der Waals surface area contributed by atoms with Crippen molar-refractivity contribution in [1.29, 1.82) is 0 Å². The number of anilines is 2. The van der Waals surface area contributed by atoms with Crippen LogP contribution in [0.5, 0.6) is 0 Å². The molecule has 4 aromatic rings. The molecule has 0 radical (unpaired) electrons. The lowest BCUT2D eigenvalue weighted by Gasteiger charge is -2.21. The third kappa shape index (κ3) is 4.67. The van der Waals surface area contributed by atoms with E-state index >= 15 is 0 Å². The van der Waals surface area contributed by atoms with E-state index in [1.807, 2.05) is 32.0 Å². The van der Waals surface area contributed by atoms with Crippen molar-refractivity contribution >= 4 is 33.3 Å². The molecule has 4 heterocycles. The molecule has 0 bridgehead atoms. The van der Waals surface area contributed by atoms with Crippen LogP contribution in [0.25, 0.3) is 20.8 Å². The Labute approximate surface area is 206 Å². The van der Waals surface area contributed by atoms with Crippen LogP contribution in [0, 0.1) is 19.8 Å². The lowest BCUT2D eigenvalue weighted by atomic mass is 10.1. The summed E-state index contributed by atoms with van der Waals surface area (Å²) in [5.74, 6) is 0.528. The van der Waals surface area contributed by atoms with Crippen molar-refractivity contribution < 1.29 is 15.3 Å². The molecule has 0 spiro atoms. The molecule has 0 unspecified atom stereocenters. The predicted octanol–water partition coefficient (Wildman–Crippen LogP) is 2.29. The second kappa shape index (κ2) is 9.78. The molecule has 4 atom stereocenters. The second-order valence-corrected chi connectivity index (χ2v) is 9.77. The monoisotopic (exact) mass is 493 g/mol. The van der Waals surface area contributed by atoms with Gasteiger partial charge in [0.25, 0.3) is 0 Å². The van der Waals surface area contributed by atoms with Gasteiger partial charge in [0.1, 0.15) is 22.4 Å². The van der Waals surface area contributed by atoms with Crippen LogP contribution in [-0.2, 0) is 6.54 Å². The van der Waals surface area contributed by atoms with Gasteiger partial charge in [0.2, 0.25) is 5.95 Å². The Hall–Kier alpha value is -3.25. The zero-order chi connectivity index (χ0) is 24.5. The average molecular weight is 494 g/mol. The molecule has 1 aliphatic carbocycles. The Balaban J connectivity index is 1.53. The van der Waals surface area contributed by atoms with Crippen molar-refractivity contribution in [1.82, 2.24) is 24.9 Å². The maximum Gasteiger partial charge on any atom is 0.225 e. The minimum absolute atomic E-state index is 0.199. The highest BCUT2D eigenvalue weighted by molar-refractivity contribution is 7.21. The summed E-state index contributed by atoms with van der Waals surface area (Å²) < 4.78 is 1.01. The highest BCUT2D eigenvalue weighted by Gasteiger charge is 2.41. The summed E-state index contributed by atoms with van der Waals surface area (Å²) in [6.45, 7) is 4.14. The first-order valence-electron chi connectivity index (χ1n) is 11.4. The molecular weight excluding hydrogens is 466 g/mol. The zero-order valence-corrected chi connectivity index (χ0v) is 20.2. The number of rotatable bonds is 7. The molecule has 0 saturated heterocycles. The molecule has 1 aliphatic rings. The zero-order valence-electron chi connectivity index (χ0n) is 19.4. The molecule has 5 N–H and O–H groups in total. The normalized spacial score (nSPS) is 22.0. The Morgan fingerprint density at radius 1 is 1.00 bits per heavy atom. The highest BCUT2D eigenvalue weighted by Crippen LogP contribution is 2.38. The quantitative estimate of drug-likeness (QED) is 0.259. The minimum atomic E-state index is -1.04. The van der Waals surface area contributed by atoms with Crippen LogP contribution in [-0.4, -0.2) is 65.1 Å². The van der Waals surface area contributed by atoms with Gasteiger partial charge in [-0.15, -0.1) is 11.3 Å². The summed E-state index contributed by atoms with van der Waals surface area (Å²) in [6, 6.07) is 5.27. The number of fused-ring (bicyclic) bond motifs is 1. The van der Waals surface area contributed by atoms with Gasteiger partial charge in [-0.1, -0.05) is 0 Å². The van der Waals surface area contributed by atoms with E-state index in [2.05, 4.69) is 25.6 Å². The number of aromatic nitrogens is 5. The van der Waals surface area contributed by atoms with Crippen LogP contribution in [0.1, 0.15) is 23.4 Å². The molecule has 1 saturated carbocycles. The van der Waals surface area contributed by atoms with Gasteiger partial charge < -0.3 is 26.0 Å². The summed E-state index contributed by atoms with van der Waals surface area (Å²) in [5.41, 5.74) is 4.16. The van der Waals surface area contributed by atoms with Crippen LogP contribution in [0.2, 0.25) is 0 Å². The van der Waals surface area contributed by atoms with Crippen molar-refractivity contribution in [3.05, 3.63) is 53.7 Å². The van der Waals surface area contributed by atoms with E-state index in [1.54, 1.807) is 18.6 Å². The number of nitrogens with zero attached hydrogens (tertiary/aromatic N) is 5. The lowest BCUT2D eigenvalue weighted by molar-refractivity contribution is 0.00446. The molecule has 0 aliphatic heterocycles. The Morgan fingerprint density at radius 2 is 1.80 bits per heavy atom.